The van der Waals surface area contributed by atoms with Crippen molar-refractivity contribution in [3.05, 3.63) is 76.2 Å². The Kier molecular flexibility index (Phi) is 7.68. The van der Waals surface area contributed by atoms with Gasteiger partial charge < -0.3 is 15.5 Å². The van der Waals surface area contributed by atoms with Crippen LogP contribution in [-0.2, 0) is 13.6 Å². The summed E-state index contributed by atoms with van der Waals surface area (Å²) in [6, 6.07) is 18.8. The fourth-order valence-corrected chi connectivity index (χ4v) is 4.69. The van der Waals surface area contributed by atoms with E-state index in [1.54, 1.807) is 4.68 Å². The molecule has 1 unspecified atom stereocenters. The molecule has 176 valence electrons. The van der Waals surface area contributed by atoms with E-state index < -0.39 is 0 Å². The van der Waals surface area contributed by atoms with Crippen LogP contribution in [0.5, 0.6) is 0 Å². The van der Waals surface area contributed by atoms with E-state index in [-0.39, 0.29) is 5.56 Å². The summed E-state index contributed by atoms with van der Waals surface area (Å²) in [6.07, 6.45) is 5.26. The van der Waals surface area contributed by atoms with Gasteiger partial charge in [0.1, 0.15) is 5.69 Å². The van der Waals surface area contributed by atoms with Gasteiger partial charge in [-0.15, -0.1) is 0 Å². The SMILES string of the molecule is Cc1c(Nc2ccc(CNCCCN3CCCCC3C)cc2)c(=O)n(-c2ccccc2)n1C. The number of aromatic nitrogens is 2. The van der Waals surface area contributed by atoms with Gasteiger partial charge in [-0.1, -0.05) is 36.8 Å². The molecule has 0 bridgehead atoms. The zero-order valence-corrected chi connectivity index (χ0v) is 20.2. The molecular weight excluding hydrogens is 410 g/mol. The standard InChI is InChI=1S/C27H37N5O/c1-21-10-7-8-18-31(21)19-9-17-28-20-23-13-15-24(16-14-23)29-26-22(2)30(3)32(27(26)33)25-11-5-4-6-12-25/h4-6,11-16,21,28-29H,7-10,17-20H2,1-3H3. The lowest BCUT2D eigenvalue weighted by Crippen LogP contribution is -2.38. The van der Waals surface area contributed by atoms with Gasteiger partial charge in [0.25, 0.3) is 5.56 Å². The van der Waals surface area contributed by atoms with Crippen LogP contribution in [0.1, 0.15) is 43.9 Å². The van der Waals surface area contributed by atoms with E-state index in [2.05, 4.69) is 34.6 Å². The Labute approximate surface area is 197 Å². The third-order valence-corrected chi connectivity index (χ3v) is 6.85. The summed E-state index contributed by atoms with van der Waals surface area (Å²) in [4.78, 5) is 15.7. The molecule has 2 aromatic carbocycles. The van der Waals surface area contributed by atoms with Crippen LogP contribution in [-0.4, -0.2) is 39.9 Å². The third kappa shape index (κ3) is 5.57. The van der Waals surface area contributed by atoms with Gasteiger partial charge in [-0.2, -0.15) is 0 Å². The van der Waals surface area contributed by atoms with Crippen molar-refractivity contribution in [2.24, 2.45) is 7.05 Å². The van der Waals surface area contributed by atoms with Crippen molar-refractivity contribution in [1.82, 2.24) is 19.6 Å². The molecule has 1 aliphatic rings. The largest absolute Gasteiger partial charge is 0.349 e. The molecule has 0 radical (unpaired) electrons. The topological polar surface area (TPSA) is 54.2 Å². The average Bonchev–Trinajstić information content (AvgIpc) is 3.04. The number of nitrogens with zero attached hydrogens (tertiary/aromatic N) is 3. The lowest BCUT2D eigenvalue weighted by molar-refractivity contribution is 0.159. The Bertz CT molecular complexity index is 1080. The van der Waals surface area contributed by atoms with Crippen molar-refractivity contribution in [2.75, 3.05) is 25.0 Å². The summed E-state index contributed by atoms with van der Waals surface area (Å²) in [7, 11) is 1.91. The van der Waals surface area contributed by atoms with E-state index in [0.29, 0.717) is 5.69 Å². The van der Waals surface area contributed by atoms with E-state index in [4.69, 9.17) is 0 Å². The lowest BCUT2D eigenvalue weighted by atomic mass is 10.0. The van der Waals surface area contributed by atoms with Crippen molar-refractivity contribution >= 4 is 11.4 Å². The number of hydrogen-bond acceptors (Lipinski definition) is 4. The molecule has 4 rings (SSSR count). The molecule has 0 saturated carbocycles. The highest BCUT2D eigenvalue weighted by Crippen LogP contribution is 2.20. The summed E-state index contributed by atoms with van der Waals surface area (Å²) in [5.74, 6) is 0. The van der Waals surface area contributed by atoms with Crippen LogP contribution in [0.4, 0.5) is 11.4 Å². The average molecular weight is 448 g/mol. The van der Waals surface area contributed by atoms with Crippen molar-refractivity contribution in [3.63, 3.8) is 0 Å². The number of nitrogens with one attached hydrogen (secondary N) is 2. The fraction of sp³-hybridized carbons (Fsp3) is 0.444. The van der Waals surface area contributed by atoms with Gasteiger partial charge in [0.05, 0.1) is 11.4 Å². The van der Waals surface area contributed by atoms with Gasteiger partial charge in [-0.25, -0.2) is 4.68 Å². The van der Waals surface area contributed by atoms with E-state index in [1.165, 1.54) is 44.3 Å². The highest BCUT2D eigenvalue weighted by molar-refractivity contribution is 5.62. The second-order valence-electron chi connectivity index (χ2n) is 9.17. The maximum Gasteiger partial charge on any atom is 0.295 e. The van der Waals surface area contributed by atoms with Gasteiger partial charge >= 0.3 is 0 Å². The number of anilines is 2. The minimum absolute atomic E-state index is 0.0463. The third-order valence-electron chi connectivity index (χ3n) is 6.85. The van der Waals surface area contributed by atoms with Crippen LogP contribution in [0.2, 0.25) is 0 Å². The molecule has 0 amide bonds. The second-order valence-corrected chi connectivity index (χ2v) is 9.17. The fourth-order valence-electron chi connectivity index (χ4n) is 4.69. The van der Waals surface area contributed by atoms with Crippen molar-refractivity contribution in [1.29, 1.82) is 0 Å². The molecule has 1 fully saturated rings. The Morgan fingerprint density at radius 1 is 1.03 bits per heavy atom. The van der Waals surface area contributed by atoms with Gasteiger partial charge in [0.15, 0.2) is 0 Å². The van der Waals surface area contributed by atoms with Crippen molar-refractivity contribution in [2.45, 2.75) is 52.1 Å². The first-order valence-electron chi connectivity index (χ1n) is 12.2. The van der Waals surface area contributed by atoms with Crippen LogP contribution in [0.25, 0.3) is 5.69 Å². The van der Waals surface area contributed by atoms with E-state index in [9.17, 15) is 4.79 Å². The first-order valence-corrected chi connectivity index (χ1v) is 12.2. The number of benzene rings is 2. The van der Waals surface area contributed by atoms with E-state index in [0.717, 1.165) is 36.2 Å². The number of piperidine rings is 1. The van der Waals surface area contributed by atoms with Gasteiger partial charge in [-0.3, -0.25) is 9.48 Å². The molecule has 3 aromatic rings. The van der Waals surface area contributed by atoms with Crippen LogP contribution in [0.15, 0.2) is 59.4 Å². The predicted octanol–water partition coefficient (Wildman–Crippen LogP) is 4.58. The van der Waals surface area contributed by atoms with Gasteiger partial charge in [0.2, 0.25) is 0 Å². The molecule has 1 aliphatic heterocycles. The summed E-state index contributed by atoms with van der Waals surface area (Å²) in [6.45, 7) is 8.66. The monoisotopic (exact) mass is 447 g/mol. The summed E-state index contributed by atoms with van der Waals surface area (Å²) in [5, 5.41) is 6.90. The first-order chi connectivity index (χ1) is 16.0. The number of likely N-dealkylation sites (tertiary alicyclic amines) is 1. The molecule has 0 aliphatic carbocycles. The highest BCUT2D eigenvalue weighted by atomic mass is 16.1. The quantitative estimate of drug-likeness (QED) is 0.472. The smallest absolute Gasteiger partial charge is 0.295 e. The number of hydrogen-bond donors (Lipinski definition) is 2. The van der Waals surface area contributed by atoms with E-state index >= 15 is 0 Å². The molecule has 2 heterocycles. The van der Waals surface area contributed by atoms with E-state index in [1.807, 2.05) is 61.1 Å². The Hall–Kier alpha value is -2.83. The summed E-state index contributed by atoms with van der Waals surface area (Å²) in [5.41, 5.74) is 4.49. The minimum atomic E-state index is -0.0463. The maximum absolute atomic E-state index is 13.1. The summed E-state index contributed by atoms with van der Waals surface area (Å²) < 4.78 is 3.59. The lowest BCUT2D eigenvalue weighted by Gasteiger charge is -2.33. The van der Waals surface area contributed by atoms with Crippen LogP contribution in [0.3, 0.4) is 0 Å². The zero-order chi connectivity index (χ0) is 23.2. The van der Waals surface area contributed by atoms with Crippen LogP contribution >= 0.6 is 0 Å². The second kappa shape index (κ2) is 10.9. The predicted molar refractivity (Wildman–Crippen MR) is 137 cm³/mol. The summed E-state index contributed by atoms with van der Waals surface area (Å²) >= 11 is 0. The van der Waals surface area contributed by atoms with Crippen LogP contribution < -0.4 is 16.2 Å². The number of rotatable bonds is 9. The molecule has 1 aromatic heterocycles. The highest BCUT2D eigenvalue weighted by Gasteiger charge is 2.17. The maximum atomic E-state index is 13.1. The van der Waals surface area contributed by atoms with Crippen LogP contribution in [0, 0.1) is 6.92 Å². The molecular formula is C27H37N5O. The molecule has 33 heavy (non-hydrogen) atoms. The normalized spacial score (nSPS) is 16.8. The molecule has 6 heteroatoms. The Morgan fingerprint density at radius 2 is 1.79 bits per heavy atom. The Morgan fingerprint density at radius 3 is 2.52 bits per heavy atom. The zero-order valence-electron chi connectivity index (χ0n) is 20.2. The van der Waals surface area contributed by atoms with Gasteiger partial charge in [0, 0.05) is 25.3 Å². The minimum Gasteiger partial charge on any atom is -0.349 e. The van der Waals surface area contributed by atoms with Crippen molar-refractivity contribution < 1.29 is 0 Å². The molecule has 0 spiro atoms. The molecule has 6 nitrogen and oxygen atoms in total. The number of para-hydroxylation sites is 1. The molecule has 1 saturated heterocycles. The van der Waals surface area contributed by atoms with Crippen molar-refractivity contribution in [3.8, 4) is 5.69 Å². The first kappa shape index (κ1) is 23.3. The Balaban J connectivity index is 1.31. The molecule has 2 N–H and O–H groups in total. The molecule has 1 atom stereocenters. The van der Waals surface area contributed by atoms with Gasteiger partial charge in [-0.05, 0) is 82.6 Å².